The number of amides is 1. The highest BCUT2D eigenvalue weighted by atomic mass is 16.1. The van der Waals surface area contributed by atoms with Crippen LogP contribution in [0.2, 0.25) is 0 Å². The van der Waals surface area contributed by atoms with E-state index < -0.39 is 0 Å². The van der Waals surface area contributed by atoms with Gasteiger partial charge in [-0.15, -0.1) is 0 Å². The summed E-state index contributed by atoms with van der Waals surface area (Å²) in [6, 6.07) is 8.45. The van der Waals surface area contributed by atoms with Crippen molar-refractivity contribution in [2.75, 3.05) is 0 Å². The maximum absolute atomic E-state index is 10.8. The molecule has 88 valence electrons. The predicted molar refractivity (Wildman–Crippen MR) is 67.4 cm³/mol. The fraction of sp³-hybridized carbons (Fsp3) is 0.500. The molecule has 0 saturated carbocycles. The molecule has 1 amide bonds. The minimum absolute atomic E-state index is 0.172. The second-order valence-corrected chi connectivity index (χ2v) is 5.44. The Kier molecular flexibility index (Phi) is 3.74. The van der Waals surface area contributed by atoms with E-state index in [1.165, 1.54) is 11.1 Å². The number of primary amides is 1. The number of nitrogens with two attached hydrogens (primary N) is 1. The van der Waals surface area contributed by atoms with E-state index in [0.717, 1.165) is 0 Å². The molecule has 0 aliphatic rings. The Morgan fingerprint density at radius 1 is 1.25 bits per heavy atom. The van der Waals surface area contributed by atoms with Crippen LogP contribution in [-0.2, 0) is 10.2 Å². The molecule has 0 aromatic heterocycles. The summed E-state index contributed by atoms with van der Waals surface area (Å²) in [5.74, 6) is -0.0427. The largest absolute Gasteiger partial charge is 0.370 e. The molecule has 1 atom stereocenters. The SMILES string of the molecule is C[C@@H](CC(N)=O)c1ccc(C(C)(C)C)cc1. The molecule has 0 spiro atoms. The van der Waals surface area contributed by atoms with Crippen LogP contribution >= 0.6 is 0 Å². The van der Waals surface area contributed by atoms with Crippen LogP contribution in [-0.4, -0.2) is 5.91 Å². The first kappa shape index (κ1) is 12.8. The fourth-order valence-electron chi connectivity index (χ4n) is 1.73. The van der Waals surface area contributed by atoms with Crippen LogP contribution in [0.3, 0.4) is 0 Å². The van der Waals surface area contributed by atoms with E-state index >= 15 is 0 Å². The first-order chi connectivity index (χ1) is 7.30. The minimum Gasteiger partial charge on any atom is -0.370 e. The van der Waals surface area contributed by atoms with Crippen LogP contribution in [0.1, 0.15) is 51.2 Å². The van der Waals surface area contributed by atoms with Crippen molar-refractivity contribution >= 4 is 5.91 Å². The Hall–Kier alpha value is -1.31. The van der Waals surface area contributed by atoms with Crippen LogP contribution in [0.25, 0.3) is 0 Å². The number of rotatable bonds is 3. The topological polar surface area (TPSA) is 43.1 Å². The monoisotopic (exact) mass is 219 g/mol. The molecular formula is C14H21NO. The molecule has 0 aliphatic carbocycles. The molecule has 2 heteroatoms. The van der Waals surface area contributed by atoms with Crippen molar-refractivity contribution in [1.82, 2.24) is 0 Å². The van der Waals surface area contributed by atoms with Gasteiger partial charge in [0.1, 0.15) is 0 Å². The van der Waals surface area contributed by atoms with E-state index in [1.54, 1.807) is 0 Å². The molecule has 1 rings (SSSR count). The summed E-state index contributed by atoms with van der Waals surface area (Å²) in [7, 11) is 0. The Bertz CT molecular complexity index is 359. The second kappa shape index (κ2) is 4.69. The van der Waals surface area contributed by atoms with E-state index in [0.29, 0.717) is 6.42 Å². The van der Waals surface area contributed by atoms with Crippen molar-refractivity contribution in [2.45, 2.75) is 45.4 Å². The van der Waals surface area contributed by atoms with E-state index in [4.69, 9.17) is 5.73 Å². The number of carbonyl (C=O) groups is 1. The molecule has 0 unspecified atom stereocenters. The third-order valence-electron chi connectivity index (χ3n) is 2.85. The van der Waals surface area contributed by atoms with Crippen molar-refractivity contribution in [3.63, 3.8) is 0 Å². The van der Waals surface area contributed by atoms with Gasteiger partial charge in [-0.25, -0.2) is 0 Å². The summed E-state index contributed by atoms with van der Waals surface area (Å²) in [5, 5.41) is 0. The zero-order valence-electron chi connectivity index (χ0n) is 10.6. The normalized spacial score (nSPS) is 13.5. The fourth-order valence-corrected chi connectivity index (χ4v) is 1.73. The highest BCUT2D eigenvalue weighted by Gasteiger charge is 2.14. The third kappa shape index (κ3) is 3.37. The number of benzene rings is 1. The van der Waals surface area contributed by atoms with E-state index in [-0.39, 0.29) is 17.2 Å². The molecule has 0 fully saturated rings. The summed E-state index contributed by atoms with van der Waals surface area (Å²) >= 11 is 0. The first-order valence-corrected chi connectivity index (χ1v) is 5.69. The molecule has 0 heterocycles. The average molecular weight is 219 g/mol. The van der Waals surface area contributed by atoms with Crippen LogP contribution in [0, 0.1) is 0 Å². The minimum atomic E-state index is -0.243. The zero-order valence-corrected chi connectivity index (χ0v) is 10.6. The van der Waals surface area contributed by atoms with E-state index in [2.05, 4.69) is 45.0 Å². The number of hydrogen-bond donors (Lipinski definition) is 1. The summed E-state index contributed by atoms with van der Waals surface area (Å²) < 4.78 is 0. The highest BCUT2D eigenvalue weighted by molar-refractivity contribution is 5.74. The Labute approximate surface area is 97.9 Å². The predicted octanol–water partition coefficient (Wildman–Crippen LogP) is 2.96. The quantitative estimate of drug-likeness (QED) is 0.834. The van der Waals surface area contributed by atoms with Crippen molar-refractivity contribution < 1.29 is 4.79 Å². The molecule has 1 aromatic rings. The average Bonchev–Trinajstić information content (AvgIpc) is 2.15. The van der Waals surface area contributed by atoms with Gasteiger partial charge in [0.2, 0.25) is 5.91 Å². The molecule has 2 N–H and O–H groups in total. The smallest absolute Gasteiger partial charge is 0.218 e. The van der Waals surface area contributed by atoms with Crippen molar-refractivity contribution in [3.8, 4) is 0 Å². The van der Waals surface area contributed by atoms with Gasteiger partial charge in [0.05, 0.1) is 0 Å². The highest BCUT2D eigenvalue weighted by Crippen LogP contribution is 2.25. The van der Waals surface area contributed by atoms with Crippen LogP contribution < -0.4 is 5.73 Å². The van der Waals surface area contributed by atoms with Gasteiger partial charge >= 0.3 is 0 Å². The lowest BCUT2D eigenvalue weighted by Gasteiger charge is -2.20. The first-order valence-electron chi connectivity index (χ1n) is 5.69. The standard InChI is InChI=1S/C14H21NO/c1-10(9-13(15)16)11-5-7-12(8-6-11)14(2,3)4/h5-8,10H,9H2,1-4H3,(H2,15,16)/t10-/m0/s1. The van der Waals surface area contributed by atoms with Gasteiger partial charge in [0, 0.05) is 6.42 Å². The molecule has 16 heavy (non-hydrogen) atoms. The molecule has 1 aromatic carbocycles. The molecule has 0 saturated heterocycles. The zero-order chi connectivity index (χ0) is 12.3. The van der Waals surface area contributed by atoms with Gasteiger partial charge in [-0.1, -0.05) is 52.0 Å². The molecular weight excluding hydrogens is 198 g/mol. The van der Waals surface area contributed by atoms with Crippen molar-refractivity contribution in [2.24, 2.45) is 5.73 Å². The summed E-state index contributed by atoms with van der Waals surface area (Å²) in [4.78, 5) is 10.8. The summed E-state index contributed by atoms with van der Waals surface area (Å²) in [5.41, 5.74) is 7.84. The maximum atomic E-state index is 10.8. The number of hydrogen-bond acceptors (Lipinski definition) is 1. The maximum Gasteiger partial charge on any atom is 0.218 e. The Balaban J connectivity index is 2.83. The van der Waals surface area contributed by atoms with Gasteiger partial charge < -0.3 is 5.73 Å². The lowest BCUT2D eigenvalue weighted by atomic mass is 9.85. The van der Waals surface area contributed by atoms with Crippen LogP contribution in [0.15, 0.2) is 24.3 Å². The molecule has 0 radical (unpaired) electrons. The third-order valence-corrected chi connectivity index (χ3v) is 2.85. The van der Waals surface area contributed by atoms with E-state index in [9.17, 15) is 4.79 Å². The summed E-state index contributed by atoms with van der Waals surface area (Å²) in [6.07, 6.45) is 0.412. The lowest BCUT2D eigenvalue weighted by Crippen LogP contribution is -2.14. The second-order valence-electron chi connectivity index (χ2n) is 5.44. The van der Waals surface area contributed by atoms with Crippen LogP contribution in [0.4, 0.5) is 0 Å². The van der Waals surface area contributed by atoms with Gasteiger partial charge in [0.25, 0.3) is 0 Å². The van der Waals surface area contributed by atoms with Crippen LogP contribution in [0.5, 0.6) is 0 Å². The van der Waals surface area contributed by atoms with E-state index in [1.807, 2.05) is 6.92 Å². The number of carbonyl (C=O) groups excluding carboxylic acids is 1. The van der Waals surface area contributed by atoms with Crippen molar-refractivity contribution in [3.05, 3.63) is 35.4 Å². The summed E-state index contributed by atoms with van der Waals surface area (Å²) in [6.45, 7) is 8.59. The van der Waals surface area contributed by atoms with Gasteiger partial charge in [0.15, 0.2) is 0 Å². The van der Waals surface area contributed by atoms with Gasteiger partial charge in [-0.05, 0) is 22.5 Å². The van der Waals surface area contributed by atoms with Crippen molar-refractivity contribution in [1.29, 1.82) is 0 Å². The molecule has 0 aliphatic heterocycles. The molecule has 0 bridgehead atoms. The Morgan fingerprint density at radius 3 is 2.12 bits per heavy atom. The van der Waals surface area contributed by atoms with Gasteiger partial charge in [-0.2, -0.15) is 0 Å². The molecule has 2 nitrogen and oxygen atoms in total. The Morgan fingerprint density at radius 2 is 1.75 bits per heavy atom. The van der Waals surface area contributed by atoms with Gasteiger partial charge in [-0.3, -0.25) is 4.79 Å². The lowest BCUT2D eigenvalue weighted by molar-refractivity contribution is -0.118.